The molecule has 12 heavy (non-hydrogen) atoms. The maximum atomic E-state index is 11.2. The molecule has 1 fully saturated rings. The van der Waals surface area contributed by atoms with Crippen molar-refractivity contribution in [3.63, 3.8) is 0 Å². The molecule has 1 unspecified atom stereocenters. The first kappa shape index (κ1) is 9.52. The van der Waals surface area contributed by atoms with Crippen LogP contribution in [0.2, 0.25) is 0 Å². The summed E-state index contributed by atoms with van der Waals surface area (Å²) in [5, 5.41) is 0. The van der Waals surface area contributed by atoms with Crippen molar-refractivity contribution in [2.45, 2.75) is 32.9 Å². The van der Waals surface area contributed by atoms with Crippen molar-refractivity contribution in [2.75, 3.05) is 20.1 Å². The number of hydrogen-bond donors (Lipinski definition) is 0. The fourth-order valence-corrected chi connectivity index (χ4v) is 1.93. The summed E-state index contributed by atoms with van der Waals surface area (Å²) >= 11 is 0. The quantitative estimate of drug-likeness (QED) is 0.584. The van der Waals surface area contributed by atoms with Gasteiger partial charge in [0.1, 0.15) is 0 Å². The van der Waals surface area contributed by atoms with Gasteiger partial charge in [-0.3, -0.25) is 9.69 Å². The minimum absolute atomic E-state index is 0.202. The van der Waals surface area contributed by atoms with E-state index in [0.717, 1.165) is 25.9 Å². The molecular weight excluding hydrogens is 152 g/mol. The van der Waals surface area contributed by atoms with Gasteiger partial charge >= 0.3 is 0 Å². The second-order valence-electron chi connectivity index (χ2n) is 3.44. The molecule has 3 nitrogen and oxygen atoms in total. The molecule has 0 aromatic rings. The molecule has 70 valence electrons. The van der Waals surface area contributed by atoms with Crippen molar-refractivity contribution in [1.29, 1.82) is 0 Å². The summed E-state index contributed by atoms with van der Waals surface area (Å²) in [6.45, 7) is 5.82. The van der Waals surface area contributed by atoms with Gasteiger partial charge in [-0.05, 0) is 19.9 Å². The Kier molecular flexibility index (Phi) is 3.09. The van der Waals surface area contributed by atoms with Gasteiger partial charge in [-0.2, -0.15) is 0 Å². The summed E-state index contributed by atoms with van der Waals surface area (Å²) in [5.74, 6) is 0.202. The van der Waals surface area contributed by atoms with Crippen LogP contribution in [-0.2, 0) is 4.79 Å². The average molecular weight is 170 g/mol. The van der Waals surface area contributed by atoms with Crippen LogP contribution in [0.3, 0.4) is 0 Å². The lowest BCUT2D eigenvalue weighted by molar-refractivity contribution is -0.137. The predicted molar refractivity (Wildman–Crippen MR) is 48.7 cm³/mol. The Morgan fingerprint density at radius 2 is 2.17 bits per heavy atom. The monoisotopic (exact) mass is 170 g/mol. The van der Waals surface area contributed by atoms with Crippen LogP contribution in [0.4, 0.5) is 0 Å². The van der Waals surface area contributed by atoms with Gasteiger partial charge in [0.2, 0.25) is 5.91 Å². The first-order valence-electron chi connectivity index (χ1n) is 4.64. The molecule has 1 heterocycles. The van der Waals surface area contributed by atoms with Gasteiger partial charge < -0.3 is 4.90 Å². The Labute approximate surface area is 74.3 Å². The molecule has 0 aromatic carbocycles. The van der Waals surface area contributed by atoms with E-state index < -0.39 is 0 Å². The van der Waals surface area contributed by atoms with E-state index in [1.54, 1.807) is 6.92 Å². The largest absolute Gasteiger partial charge is 0.327 e. The highest BCUT2D eigenvalue weighted by molar-refractivity contribution is 5.73. The predicted octanol–water partition coefficient (Wildman–Crippen LogP) is 0.906. The van der Waals surface area contributed by atoms with E-state index in [1.165, 1.54) is 0 Å². The second-order valence-corrected chi connectivity index (χ2v) is 3.44. The van der Waals surface area contributed by atoms with Crippen LogP contribution in [0.5, 0.6) is 0 Å². The standard InChI is InChI=1S/C9H18N2O/c1-4-9-10(3)6-5-7-11(9)8(2)12/h9H,4-7H2,1-3H3. The lowest BCUT2D eigenvalue weighted by atomic mass is 10.2. The lowest BCUT2D eigenvalue weighted by Crippen LogP contribution is -2.53. The molecule has 1 saturated heterocycles. The van der Waals surface area contributed by atoms with Crippen molar-refractivity contribution < 1.29 is 4.79 Å². The minimum Gasteiger partial charge on any atom is -0.327 e. The summed E-state index contributed by atoms with van der Waals surface area (Å²) in [5.41, 5.74) is 0. The van der Waals surface area contributed by atoms with E-state index in [-0.39, 0.29) is 5.91 Å². The van der Waals surface area contributed by atoms with Crippen LogP contribution in [0.15, 0.2) is 0 Å². The molecular formula is C9H18N2O. The molecule has 1 aliphatic heterocycles. The van der Waals surface area contributed by atoms with E-state index >= 15 is 0 Å². The van der Waals surface area contributed by atoms with E-state index in [2.05, 4.69) is 18.9 Å². The summed E-state index contributed by atoms with van der Waals surface area (Å²) in [7, 11) is 2.09. The number of amides is 1. The second kappa shape index (κ2) is 3.90. The highest BCUT2D eigenvalue weighted by atomic mass is 16.2. The molecule has 1 amide bonds. The summed E-state index contributed by atoms with van der Waals surface area (Å²) in [6.07, 6.45) is 2.46. The van der Waals surface area contributed by atoms with Gasteiger partial charge in [0.05, 0.1) is 6.17 Å². The molecule has 3 heteroatoms. The van der Waals surface area contributed by atoms with Crippen LogP contribution in [0.25, 0.3) is 0 Å². The molecule has 0 bridgehead atoms. The molecule has 0 spiro atoms. The van der Waals surface area contributed by atoms with E-state index in [0.29, 0.717) is 6.17 Å². The number of carbonyl (C=O) groups is 1. The van der Waals surface area contributed by atoms with E-state index in [9.17, 15) is 4.79 Å². The SMILES string of the molecule is CCC1N(C)CCCN1C(C)=O. The molecule has 0 saturated carbocycles. The van der Waals surface area contributed by atoms with Gasteiger partial charge in [-0.25, -0.2) is 0 Å². The van der Waals surface area contributed by atoms with Crippen molar-refractivity contribution in [3.8, 4) is 0 Å². The Hall–Kier alpha value is -0.570. The number of rotatable bonds is 1. The molecule has 0 aromatic heterocycles. The Morgan fingerprint density at radius 1 is 1.50 bits per heavy atom. The molecule has 1 atom stereocenters. The maximum Gasteiger partial charge on any atom is 0.220 e. The van der Waals surface area contributed by atoms with Gasteiger partial charge in [0.25, 0.3) is 0 Å². The molecule has 0 N–H and O–H groups in total. The van der Waals surface area contributed by atoms with Crippen LogP contribution in [0, 0.1) is 0 Å². The van der Waals surface area contributed by atoms with Crippen LogP contribution in [-0.4, -0.2) is 42.0 Å². The molecule has 1 rings (SSSR count). The minimum atomic E-state index is 0.202. The van der Waals surface area contributed by atoms with Gasteiger partial charge in [0, 0.05) is 20.0 Å². The third-order valence-electron chi connectivity index (χ3n) is 2.55. The van der Waals surface area contributed by atoms with Crippen molar-refractivity contribution in [1.82, 2.24) is 9.80 Å². The van der Waals surface area contributed by atoms with Crippen molar-refractivity contribution in [2.24, 2.45) is 0 Å². The topological polar surface area (TPSA) is 23.6 Å². The van der Waals surface area contributed by atoms with Crippen LogP contribution < -0.4 is 0 Å². The summed E-state index contributed by atoms with van der Waals surface area (Å²) in [6, 6.07) is 0. The Bertz CT molecular complexity index is 170. The summed E-state index contributed by atoms with van der Waals surface area (Å²) < 4.78 is 0. The zero-order valence-electron chi connectivity index (χ0n) is 8.21. The van der Waals surface area contributed by atoms with Crippen LogP contribution in [0.1, 0.15) is 26.7 Å². The Morgan fingerprint density at radius 3 is 2.58 bits per heavy atom. The van der Waals surface area contributed by atoms with Gasteiger partial charge in [-0.1, -0.05) is 6.92 Å². The smallest absolute Gasteiger partial charge is 0.220 e. The molecule has 1 aliphatic rings. The maximum absolute atomic E-state index is 11.2. The van der Waals surface area contributed by atoms with Gasteiger partial charge in [0.15, 0.2) is 0 Å². The third kappa shape index (κ3) is 1.78. The fourth-order valence-electron chi connectivity index (χ4n) is 1.93. The average Bonchev–Trinajstić information content (AvgIpc) is 2.03. The van der Waals surface area contributed by atoms with E-state index in [1.807, 2.05) is 4.90 Å². The van der Waals surface area contributed by atoms with Gasteiger partial charge in [-0.15, -0.1) is 0 Å². The highest BCUT2D eigenvalue weighted by Gasteiger charge is 2.26. The molecule has 0 radical (unpaired) electrons. The fraction of sp³-hybridized carbons (Fsp3) is 0.889. The zero-order valence-corrected chi connectivity index (χ0v) is 8.21. The highest BCUT2D eigenvalue weighted by Crippen LogP contribution is 2.14. The first-order valence-corrected chi connectivity index (χ1v) is 4.64. The van der Waals surface area contributed by atoms with E-state index in [4.69, 9.17) is 0 Å². The summed E-state index contributed by atoms with van der Waals surface area (Å²) in [4.78, 5) is 15.4. The number of carbonyl (C=O) groups excluding carboxylic acids is 1. The van der Waals surface area contributed by atoms with Crippen molar-refractivity contribution in [3.05, 3.63) is 0 Å². The Balaban J connectivity index is 2.64. The zero-order chi connectivity index (χ0) is 9.14. The third-order valence-corrected chi connectivity index (χ3v) is 2.55. The van der Waals surface area contributed by atoms with Crippen LogP contribution >= 0.6 is 0 Å². The first-order chi connectivity index (χ1) is 5.66. The number of hydrogen-bond acceptors (Lipinski definition) is 2. The normalized spacial score (nSPS) is 25.9. The lowest BCUT2D eigenvalue weighted by Gasteiger charge is -2.41. The van der Waals surface area contributed by atoms with Crippen molar-refractivity contribution >= 4 is 5.91 Å². The molecule has 0 aliphatic carbocycles. The number of nitrogens with zero attached hydrogens (tertiary/aromatic N) is 2.